The summed E-state index contributed by atoms with van der Waals surface area (Å²) in [5.41, 5.74) is 3.50. The second-order valence-corrected chi connectivity index (χ2v) is 11.1. The van der Waals surface area contributed by atoms with Gasteiger partial charge in [-0.3, -0.25) is 19.2 Å². The van der Waals surface area contributed by atoms with Crippen LogP contribution in [0.4, 0.5) is 5.69 Å². The molecule has 2 aromatic carbocycles. The van der Waals surface area contributed by atoms with Gasteiger partial charge in [0.1, 0.15) is 0 Å². The molecule has 2 N–H and O–H groups in total. The molecule has 35 heavy (non-hydrogen) atoms. The molecule has 1 aliphatic heterocycles. The van der Waals surface area contributed by atoms with Crippen molar-refractivity contribution in [2.24, 2.45) is 11.3 Å². The smallest absolute Gasteiger partial charge is 0.308 e. The SMILES string of the molecule is CC1(C)CN(Cc2ccc(NC(=O)c3cc(-c4ccccc4)n(C(C)(C)C)n3)cc2)CC1C(=O)O. The lowest BCUT2D eigenvalue weighted by Crippen LogP contribution is -2.28. The van der Waals surface area contributed by atoms with Gasteiger partial charge in [-0.25, -0.2) is 0 Å². The number of carbonyl (C=O) groups is 2. The third-order valence-electron chi connectivity index (χ3n) is 6.58. The molecule has 7 heteroatoms. The molecule has 0 spiro atoms. The van der Waals surface area contributed by atoms with Crippen molar-refractivity contribution in [2.45, 2.75) is 46.7 Å². The third-order valence-corrected chi connectivity index (χ3v) is 6.58. The van der Waals surface area contributed by atoms with Gasteiger partial charge < -0.3 is 10.4 Å². The molecule has 1 saturated heterocycles. The lowest BCUT2D eigenvalue weighted by atomic mass is 9.82. The maximum Gasteiger partial charge on any atom is 0.308 e. The molecular weight excluding hydrogens is 440 g/mol. The number of nitrogens with zero attached hydrogens (tertiary/aromatic N) is 3. The number of likely N-dealkylation sites (tertiary alicyclic amines) is 1. The van der Waals surface area contributed by atoms with Crippen LogP contribution >= 0.6 is 0 Å². The predicted molar refractivity (Wildman–Crippen MR) is 137 cm³/mol. The van der Waals surface area contributed by atoms with Gasteiger partial charge in [0.25, 0.3) is 5.91 Å². The summed E-state index contributed by atoms with van der Waals surface area (Å²) in [4.78, 5) is 26.8. The Morgan fingerprint density at radius 1 is 1.09 bits per heavy atom. The highest BCUT2D eigenvalue weighted by Gasteiger charge is 2.43. The average molecular weight is 475 g/mol. The van der Waals surface area contributed by atoms with Crippen molar-refractivity contribution in [1.82, 2.24) is 14.7 Å². The molecule has 1 fully saturated rings. The number of aromatic nitrogens is 2. The first-order chi connectivity index (χ1) is 16.4. The summed E-state index contributed by atoms with van der Waals surface area (Å²) < 4.78 is 1.89. The summed E-state index contributed by atoms with van der Waals surface area (Å²) in [5.74, 6) is -1.36. The van der Waals surface area contributed by atoms with E-state index in [2.05, 4.69) is 36.1 Å². The number of rotatable bonds is 6. The van der Waals surface area contributed by atoms with Crippen LogP contribution in [0.5, 0.6) is 0 Å². The van der Waals surface area contributed by atoms with E-state index in [1.54, 1.807) is 0 Å². The first-order valence-corrected chi connectivity index (χ1v) is 12.0. The first-order valence-electron chi connectivity index (χ1n) is 12.0. The van der Waals surface area contributed by atoms with Gasteiger partial charge in [0, 0.05) is 25.3 Å². The number of anilines is 1. The largest absolute Gasteiger partial charge is 0.481 e. The van der Waals surface area contributed by atoms with Gasteiger partial charge in [-0.1, -0.05) is 56.3 Å². The molecule has 0 aliphatic carbocycles. The summed E-state index contributed by atoms with van der Waals surface area (Å²) in [6.45, 7) is 12.2. The molecule has 3 aromatic rings. The van der Waals surface area contributed by atoms with E-state index in [-0.39, 0.29) is 22.8 Å². The van der Waals surface area contributed by atoms with E-state index in [1.165, 1.54) is 0 Å². The maximum absolute atomic E-state index is 13.0. The van der Waals surface area contributed by atoms with Crippen molar-refractivity contribution in [3.63, 3.8) is 0 Å². The number of amides is 1. The highest BCUT2D eigenvalue weighted by Crippen LogP contribution is 2.36. The Balaban J connectivity index is 1.46. The fourth-order valence-electron chi connectivity index (χ4n) is 4.75. The van der Waals surface area contributed by atoms with E-state index >= 15 is 0 Å². The van der Waals surface area contributed by atoms with E-state index in [1.807, 2.05) is 79.2 Å². The minimum atomic E-state index is -0.736. The number of carboxylic acids is 1. The summed E-state index contributed by atoms with van der Waals surface area (Å²) in [7, 11) is 0. The Labute approximate surface area is 206 Å². The normalized spacial score (nSPS) is 17.9. The minimum absolute atomic E-state index is 0.255. The van der Waals surface area contributed by atoms with Gasteiger partial charge in [0.2, 0.25) is 0 Å². The fourth-order valence-corrected chi connectivity index (χ4v) is 4.75. The van der Waals surface area contributed by atoms with Crippen LogP contribution in [0.15, 0.2) is 60.7 Å². The third kappa shape index (κ3) is 5.46. The highest BCUT2D eigenvalue weighted by atomic mass is 16.4. The zero-order valence-corrected chi connectivity index (χ0v) is 21.1. The molecule has 1 unspecified atom stereocenters. The molecule has 2 heterocycles. The molecule has 0 saturated carbocycles. The lowest BCUT2D eigenvalue weighted by Gasteiger charge is -2.22. The average Bonchev–Trinajstić information content (AvgIpc) is 3.37. The molecule has 1 aliphatic rings. The molecule has 1 amide bonds. The van der Waals surface area contributed by atoms with Gasteiger partial charge >= 0.3 is 5.97 Å². The van der Waals surface area contributed by atoms with Crippen molar-refractivity contribution in [2.75, 3.05) is 18.4 Å². The van der Waals surface area contributed by atoms with Gasteiger partial charge in [-0.2, -0.15) is 5.10 Å². The Kier molecular flexibility index (Phi) is 6.56. The molecule has 0 bridgehead atoms. The highest BCUT2D eigenvalue weighted by molar-refractivity contribution is 6.03. The second-order valence-electron chi connectivity index (χ2n) is 11.1. The van der Waals surface area contributed by atoms with Crippen LogP contribution in [0, 0.1) is 11.3 Å². The molecule has 184 valence electrons. The Morgan fingerprint density at radius 3 is 2.31 bits per heavy atom. The minimum Gasteiger partial charge on any atom is -0.481 e. The quantitative estimate of drug-likeness (QED) is 0.519. The van der Waals surface area contributed by atoms with Crippen molar-refractivity contribution >= 4 is 17.6 Å². The topological polar surface area (TPSA) is 87.5 Å². The first kappa shape index (κ1) is 24.7. The van der Waals surface area contributed by atoms with Crippen LogP contribution < -0.4 is 5.32 Å². The van der Waals surface area contributed by atoms with Crippen LogP contribution in [0.1, 0.15) is 50.7 Å². The van der Waals surface area contributed by atoms with Crippen LogP contribution in [0.25, 0.3) is 11.3 Å². The van der Waals surface area contributed by atoms with Crippen LogP contribution in [-0.4, -0.2) is 44.8 Å². The zero-order chi connectivity index (χ0) is 25.4. The van der Waals surface area contributed by atoms with Gasteiger partial charge in [0.15, 0.2) is 5.69 Å². The molecular formula is C28H34N4O3. The van der Waals surface area contributed by atoms with Gasteiger partial charge in [-0.05, 0) is 55.5 Å². The van der Waals surface area contributed by atoms with Crippen molar-refractivity contribution in [3.8, 4) is 11.3 Å². The summed E-state index contributed by atoms with van der Waals surface area (Å²) in [5, 5.41) is 17.1. The standard InChI is InChI=1S/C28H34N4O3/c1-27(2,3)32-24(20-9-7-6-8-10-20)15-23(30-32)25(33)29-21-13-11-19(12-14-21)16-31-17-22(26(34)35)28(4,5)18-31/h6-15,22H,16-18H2,1-5H3,(H,29,33)(H,34,35). The molecule has 0 radical (unpaired) electrons. The summed E-state index contributed by atoms with van der Waals surface area (Å²) >= 11 is 0. The van der Waals surface area contributed by atoms with E-state index in [9.17, 15) is 14.7 Å². The van der Waals surface area contributed by atoms with Crippen molar-refractivity contribution < 1.29 is 14.7 Å². The Hall–Kier alpha value is -3.45. The molecule has 1 atom stereocenters. The van der Waals surface area contributed by atoms with Crippen molar-refractivity contribution in [1.29, 1.82) is 0 Å². The fraction of sp³-hybridized carbons (Fsp3) is 0.393. The summed E-state index contributed by atoms with van der Waals surface area (Å²) in [6.07, 6.45) is 0. The van der Waals surface area contributed by atoms with Crippen LogP contribution in [0.2, 0.25) is 0 Å². The summed E-state index contributed by atoms with van der Waals surface area (Å²) in [6, 6.07) is 19.5. The van der Waals surface area contributed by atoms with Crippen LogP contribution in [0.3, 0.4) is 0 Å². The number of aliphatic carboxylic acids is 1. The second kappa shape index (κ2) is 9.30. The van der Waals surface area contributed by atoms with E-state index < -0.39 is 5.97 Å². The Morgan fingerprint density at radius 2 is 1.74 bits per heavy atom. The van der Waals surface area contributed by atoms with Gasteiger partial charge in [0.05, 0.1) is 17.2 Å². The van der Waals surface area contributed by atoms with E-state index in [4.69, 9.17) is 0 Å². The number of carbonyl (C=O) groups excluding carboxylic acids is 1. The number of hydrogen-bond acceptors (Lipinski definition) is 4. The van der Waals surface area contributed by atoms with Gasteiger partial charge in [-0.15, -0.1) is 0 Å². The zero-order valence-electron chi connectivity index (χ0n) is 21.1. The molecule has 1 aromatic heterocycles. The maximum atomic E-state index is 13.0. The molecule has 7 nitrogen and oxygen atoms in total. The number of benzene rings is 2. The van der Waals surface area contributed by atoms with Crippen LogP contribution in [-0.2, 0) is 16.9 Å². The lowest BCUT2D eigenvalue weighted by molar-refractivity contribution is -0.144. The van der Waals surface area contributed by atoms with E-state index in [0.29, 0.717) is 24.5 Å². The predicted octanol–water partition coefficient (Wildman–Crippen LogP) is 5.10. The number of hydrogen-bond donors (Lipinski definition) is 2. The molecule has 4 rings (SSSR count). The monoisotopic (exact) mass is 474 g/mol. The van der Waals surface area contributed by atoms with E-state index in [0.717, 1.165) is 23.4 Å². The Bertz CT molecular complexity index is 1210. The number of nitrogens with one attached hydrogen (secondary N) is 1. The number of carboxylic acid groups (broad SMARTS) is 1. The van der Waals surface area contributed by atoms with Crippen molar-refractivity contribution in [3.05, 3.63) is 71.9 Å².